The highest BCUT2D eigenvalue weighted by atomic mass is 19.4. The van der Waals surface area contributed by atoms with E-state index in [1.807, 2.05) is 0 Å². The Morgan fingerprint density at radius 2 is 1.46 bits per heavy atom. The van der Waals surface area contributed by atoms with E-state index in [2.05, 4.69) is 6.07 Å². The van der Waals surface area contributed by atoms with Crippen LogP contribution in [0.2, 0.25) is 0 Å². The smallest absolute Gasteiger partial charge is 0.264 e. The number of hydrogen-bond donors (Lipinski definition) is 0. The summed E-state index contributed by atoms with van der Waals surface area (Å²) in [5.74, 6) is 0. The van der Waals surface area contributed by atoms with Crippen LogP contribution in [0, 0.1) is 16.2 Å². The fourth-order valence-corrected chi connectivity index (χ4v) is 2.40. The molecule has 0 aliphatic heterocycles. The SMILES string of the molecule is O=[N+]([O-])C(c1[c]ccc(C(F)(C(F)(F)F)C(F)(F)F)c1)c1ccccc1. The normalized spacial score (nSPS) is 14.1. The van der Waals surface area contributed by atoms with Crippen molar-refractivity contribution in [3.63, 3.8) is 0 Å². The van der Waals surface area contributed by atoms with Crippen LogP contribution in [0.3, 0.4) is 0 Å². The van der Waals surface area contributed by atoms with Gasteiger partial charge in [0.15, 0.2) is 0 Å². The Labute approximate surface area is 142 Å². The third kappa shape index (κ3) is 3.35. The molecule has 0 heterocycles. The van der Waals surface area contributed by atoms with E-state index in [0.29, 0.717) is 6.07 Å². The lowest BCUT2D eigenvalue weighted by atomic mass is 9.90. The van der Waals surface area contributed by atoms with Crippen LogP contribution in [0.5, 0.6) is 0 Å². The molecular weight excluding hydrogens is 371 g/mol. The fraction of sp³-hybridized carbons (Fsp3) is 0.250. The molecule has 3 nitrogen and oxygen atoms in total. The highest BCUT2D eigenvalue weighted by Crippen LogP contribution is 2.53. The summed E-state index contributed by atoms with van der Waals surface area (Å²) in [6.07, 6.45) is -12.6. The lowest BCUT2D eigenvalue weighted by Crippen LogP contribution is -2.50. The molecule has 0 fully saturated rings. The molecule has 139 valence electrons. The Bertz CT molecular complexity index is 773. The van der Waals surface area contributed by atoms with Crippen LogP contribution in [-0.4, -0.2) is 17.3 Å². The topological polar surface area (TPSA) is 43.1 Å². The van der Waals surface area contributed by atoms with Gasteiger partial charge >= 0.3 is 18.0 Å². The first-order valence-corrected chi connectivity index (χ1v) is 6.92. The van der Waals surface area contributed by atoms with Gasteiger partial charge in [0.05, 0.1) is 0 Å². The van der Waals surface area contributed by atoms with E-state index >= 15 is 0 Å². The molecule has 26 heavy (non-hydrogen) atoms. The Morgan fingerprint density at radius 1 is 0.923 bits per heavy atom. The van der Waals surface area contributed by atoms with Crippen LogP contribution >= 0.6 is 0 Å². The number of benzene rings is 2. The average Bonchev–Trinajstić information content (AvgIpc) is 2.53. The molecule has 2 aromatic rings. The molecule has 0 saturated carbocycles. The lowest BCUT2D eigenvalue weighted by Gasteiger charge is -2.30. The summed E-state index contributed by atoms with van der Waals surface area (Å²) in [6.45, 7) is 0. The first kappa shape index (κ1) is 19.7. The molecule has 0 bridgehead atoms. The monoisotopic (exact) mass is 380 g/mol. The number of halogens is 7. The van der Waals surface area contributed by atoms with E-state index in [-0.39, 0.29) is 17.7 Å². The van der Waals surface area contributed by atoms with Gasteiger partial charge in [-0.3, -0.25) is 10.1 Å². The van der Waals surface area contributed by atoms with Crippen LogP contribution in [0.1, 0.15) is 22.7 Å². The quantitative estimate of drug-likeness (QED) is 0.419. The predicted molar refractivity (Wildman–Crippen MR) is 75.5 cm³/mol. The molecule has 0 N–H and O–H groups in total. The van der Waals surface area contributed by atoms with Crippen molar-refractivity contribution in [1.82, 2.24) is 0 Å². The summed E-state index contributed by atoms with van der Waals surface area (Å²) in [6, 6.07) is 8.28. The van der Waals surface area contributed by atoms with Crippen LogP contribution in [0.4, 0.5) is 30.7 Å². The Hall–Kier alpha value is -2.65. The minimum atomic E-state index is -6.30. The standard InChI is InChI=1S/C16H9F7NO2/c17-14(15(18,19)20,16(21,22)23)12-8-4-7-11(9-12)13(24(25)26)10-5-2-1-3-6-10/h1-6,8-9,13H. The van der Waals surface area contributed by atoms with Crippen LogP contribution in [0.15, 0.2) is 48.5 Å². The molecule has 0 aliphatic carbocycles. The van der Waals surface area contributed by atoms with Crippen molar-refractivity contribution >= 4 is 0 Å². The summed E-state index contributed by atoms with van der Waals surface area (Å²) in [4.78, 5) is 10.4. The van der Waals surface area contributed by atoms with Crippen LogP contribution < -0.4 is 0 Å². The second-order valence-electron chi connectivity index (χ2n) is 5.29. The maximum Gasteiger partial charge on any atom is 0.435 e. The molecule has 0 aromatic heterocycles. The van der Waals surface area contributed by atoms with Gasteiger partial charge < -0.3 is 0 Å². The molecule has 2 rings (SSSR count). The van der Waals surface area contributed by atoms with Gasteiger partial charge in [0.1, 0.15) is 0 Å². The Morgan fingerprint density at radius 3 is 1.92 bits per heavy atom. The molecule has 0 saturated heterocycles. The van der Waals surface area contributed by atoms with Crippen LogP contribution in [0.25, 0.3) is 0 Å². The minimum Gasteiger partial charge on any atom is -0.264 e. The van der Waals surface area contributed by atoms with Gasteiger partial charge in [-0.2, -0.15) is 26.3 Å². The van der Waals surface area contributed by atoms with E-state index in [4.69, 9.17) is 0 Å². The van der Waals surface area contributed by atoms with E-state index in [1.165, 1.54) is 30.3 Å². The molecule has 0 spiro atoms. The number of hydrogen-bond acceptors (Lipinski definition) is 2. The Kier molecular flexibility index (Phi) is 4.98. The van der Waals surface area contributed by atoms with Crippen molar-refractivity contribution in [2.24, 2.45) is 0 Å². The van der Waals surface area contributed by atoms with Gasteiger partial charge in [-0.15, -0.1) is 0 Å². The molecule has 1 unspecified atom stereocenters. The molecule has 10 heteroatoms. The number of nitrogens with zero attached hydrogens (tertiary/aromatic N) is 1. The highest BCUT2D eigenvalue weighted by molar-refractivity contribution is 5.36. The second-order valence-corrected chi connectivity index (χ2v) is 5.29. The Balaban J connectivity index is 2.64. The second kappa shape index (κ2) is 6.58. The first-order valence-electron chi connectivity index (χ1n) is 6.92. The molecule has 2 aromatic carbocycles. The lowest BCUT2D eigenvalue weighted by molar-refractivity contribution is -0.517. The first-order chi connectivity index (χ1) is 11.9. The zero-order valence-corrected chi connectivity index (χ0v) is 12.6. The average molecular weight is 380 g/mol. The third-order valence-corrected chi connectivity index (χ3v) is 3.62. The maximum atomic E-state index is 14.2. The van der Waals surface area contributed by atoms with E-state index in [0.717, 1.165) is 0 Å². The van der Waals surface area contributed by atoms with Crippen molar-refractivity contribution in [2.45, 2.75) is 24.1 Å². The summed E-state index contributed by atoms with van der Waals surface area (Å²) in [5.41, 5.74) is -8.10. The van der Waals surface area contributed by atoms with Crippen molar-refractivity contribution in [1.29, 1.82) is 0 Å². The predicted octanol–water partition coefficient (Wildman–Crippen LogP) is 5.14. The van der Waals surface area contributed by atoms with Crippen molar-refractivity contribution in [3.05, 3.63) is 81.4 Å². The minimum absolute atomic E-state index is 0.00521. The van der Waals surface area contributed by atoms with Crippen molar-refractivity contribution in [3.8, 4) is 0 Å². The maximum absolute atomic E-state index is 14.2. The molecule has 1 radical (unpaired) electrons. The van der Waals surface area contributed by atoms with Gasteiger partial charge in [0.2, 0.25) is 0 Å². The molecule has 1 atom stereocenters. The van der Waals surface area contributed by atoms with Gasteiger partial charge in [-0.05, 0) is 12.1 Å². The third-order valence-electron chi connectivity index (χ3n) is 3.62. The van der Waals surface area contributed by atoms with Crippen LogP contribution in [-0.2, 0) is 5.67 Å². The summed E-state index contributed by atoms with van der Waals surface area (Å²) in [7, 11) is 0. The number of nitro groups is 1. The summed E-state index contributed by atoms with van der Waals surface area (Å²) < 4.78 is 91.3. The van der Waals surface area contributed by atoms with E-state index < -0.39 is 40.1 Å². The van der Waals surface area contributed by atoms with E-state index in [1.54, 1.807) is 0 Å². The zero-order valence-electron chi connectivity index (χ0n) is 12.6. The zero-order chi connectivity index (χ0) is 19.8. The molecular formula is C16H9F7NO2. The van der Waals surface area contributed by atoms with Crippen molar-refractivity contribution < 1.29 is 35.7 Å². The van der Waals surface area contributed by atoms with Gasteiger partial charge in [0.25, 0.3) is 6.04 Å². The molecule has 0 aliphatic rings. The van der Waals surface area contributed by atoms with E-state index in [9.17, 15) is 40.8 Å². The molecule has 0 amide bonds. The van der Waals surface area contributed by atoms with Gasteiger partial charge in [-0.25, -0.2) is 4.39 Å². The largest absolute Gasteiger partial charge is 0.435 e. The number of rotatable bonds is 4. The highest BCUT2D eigenvalue weighted by Gasteiger charge is 2.73. The fourth-order valence-electron chi connectivity index (χ4n) is 2.40. The van der Waals surface area contributed by atoms with Gasteiger partial charge in [-0.1, -0.05) is 42.5 Å². The summed E-state index contributed by atoms with van der Waals surface area (Å²) >= 11 is 0. The summed E-state index contributed by atoms with van der Waals surface area (Å²) in [5, 5.41) is 11.3. The van der Waals surface area contributed by atoms with Gasteiger partial charge in [0, 0.05) is 21.6 Å². The number of alkyl halides is 7. The van der Waals surface area contributed by atoms with Crippen molar-refractivity contribution in [2.75, 3.05) is 0 Å².